The molecule has 1 aliphatic rings. The second-order valence-electron chi connectivity index (χ2n) is 8.88. The standard InChI is InChI=1S/C20H45NO2Si2/c1-17(2)25(18(3)4,19(5)6)21(20-13-10-9-11-14-20)15-12-16-24(22-7)23-8/h17-20,24H,9-16H2,1-8H3. The third kappa shape index (κ3) is 5.64. The highest BCUT2D eigenvalue weighted by Crippen LogP contribution is 2.46. The van der Waals surface area contributed by atoms with E-state index in [-0.39, 0.29) is 0 Å². The Balaban J connectivity index is 3.05. The van der Waals surface area contributed by atoms with Crippen molar-refractivity contribution >= 4 is 17.5 Å². The molecule has 150 valence electrons. The Morgan fingerprint density at radius 1 is 0.880 bits per heavy atom. The second-order valence-corrected chi connectivity index (χ2v) is 17.1. The summed E-state index contributed by atoms with van der Waals surface area (Å²) in [5, 5.41) is 0. The normalized spacial score (nSPS) is 17.6. The lowest BCUT2D eigenvalue weighted by Gasteiger charge is -2.55. The fraction of sp³-hybridized carbons (Fsp3) is 1.00. The maximum Gasteiger partial charge on any atom is 0.320 e. The lowest BCUT2D eigenvalue weighted by molar-refractivity contribution is 0.228. The number of nitrogens with zero attached hydrogens (tertiary/aromatic N) is 1. The highest BCUT2D eigenvalue weighted by Gasteiger charge is 2.49. The molecule has 0 saturated heterocycles. The molecule has 1 fully saturated rings. The molecule has 0 atom stereocenters. The van der Waals surface area contributed by atoms with Gasteiger partial charge in [0.05, 0.1) is 0 Å². The average Bonchev–Trinajstić information content (AvgIpc) is 2.57. The number of rotatable bonds is 11. The van der Waals surface area contributed by atoms with Crippen molar-refractivity contribution < 1.29 is 8.85 Å². The molecule has 1 saturated carbocycles. The lowest BCUT2D eigenvalue weighted by Crippen LogP contribution is -2.64. The molecule has 0 aromatic rings. The maximum absolute atomic E-state index is 5.56. The van der Waals surface area contributed by atoms with Gasteiger partial charge in [-0.25, -0.2) is 0 Å². The fourth-order valence-corrected chi connectivity index (χ4v) is 14.4. The molecule has 0 amide bonds. The predicted octanol–water partition coefficient (Wildman–Crippen LogP) is 5.70. The van der Waals surface area contributed by atoms with Crippen LogP contribution in [0.4, 0.5) is 0 Å². The zero-order valence-corrected chi connectivity index (χ0v) is 20.5. The molecule has 0 aromatic carbocycles. The summed E-state index contributed by atoms with van der Waals surface area (Å²) in [6.07, 6.45) is 8.34. The van der Waals surface area contributed by atoms with E-state index >= 15 is 0 Å². The van der Waals surface area contributed by atoms with E-state index in [2.05, 4.69) is 46.1 Å². The van der Waals surface area contributed by atoms with Crippen LogP contribution >= 0.6 is 0 Å². The molecule has 1 aliphatic carbocycles. The summed E-state index contributed by atoms with van der Waals surface area (Å²) in [4.78, 5) is 0. The average molecular weight is 388 g/mol. The molecule has 25 heavy (non-hydrogen) atoms. The van der Waals surface area contributed by atoms with E-state index in [4.69, 9.17) is 8.85 Å². The monoisotopic (exact) mass is 387 g/mol. The Bertz CT molecular complexity index is 332. The first-order valence-corrected chi connectivity index (χ1v) is 14.6. The van der Waals surface area contributed by atoms with Crippen molar-refractivity contribution in [3.8, 4) is 0 Å². The summed E-state index contributed by atoms with van der Waals surface area (Å²) in [5.74, 6) is 0. The highest BCUT2D eigenvalue weighted by atomic mass is 28.3. The highest BCUT2D eigenvalue weighted by molar-refractivity contribution is 6.81. The van der Waals surface area contributed by atoms with Crippen LogP contribution in [0.25, 0.3) is 0 Å². The van der Waals surface area contributed by atoms with Crippen LogP contribution in [0.1, 0.15) is 80.1 Å². The van der Waals surface area contributed by atoms with Gasteiger partial charge in [0.25, 0.3) is 0 Å². The summed E-state index contributed by atoms with van der Waals surface area (Å²) < 4.78 is 14.2. The van der Waals surface area contributed by atoms with Crippen LogP contribution in [0, 0.1) is 0 Å². The van der Waals surface area contributed by atoms with Crippen molar-refractivity contribution in [2.75, 3.05) is 20.8 Å². The summed E-state index contributed by atoms with van der Waals surface area (Å²) in [7, 11) is 0.626. The van der Waals surface area contributed by atoms with E-state index in [9.17, 15) is 0 Å². The third-order valence-electron chi connectivity index (χ3n) is 6.65. The van der Waals surface area contributed by atoms with Crippen LogP contribution in [0.2, 0.25) is 22.7 Å². The molecule has 0 N–H and O–H groups in total. The van der Waals surface area contributed by atoms with Gasteiger partial charge in [0.15, 0.2) is 0 Å². The molecule has 0 unspecified atom stereocenters. The molecule has 0 bridgehead atoms. The number of hydrogen-bond donors (Lipinski definition) is 0. The smallest absolute Gasteiger partial charge is 0.320 e. The molecule has 0 spiro atoms. The first-order valence-electron chi connectivity index (χ1n) is 10.6. The minimum atomic E-state index is -1.57. The van der Waals surface area contributed by atoms with Gasteiger partial charge in [-0.3, -0.25) is 0 Å². The predicted molar refractivity (Wildman–Crippen MR) is 115 cm³/mol. The van der Waals surface area contributed by atoms with Gasteiger partial charge in [-0.2, -0.15) is 0 Å². The topological polar surface area (TPSA) is 21.7 Å². The summed E-state index contributed by atoms with van der Waals surface area (Å²) in [5.41, 5.74) is 2.40. The Morgan fingerprint density at radius 3 is 1.76 bits per heavy atom. The largest absolute Gasteiger partial charge is 0.400 e. The zero-order chi connectivity index (χ0) is 19.0. The SMILES string of the molecule is CO[SiH](CCCN(C1CCCCC1)[Si](C(C)C)(C(C)C)C(C)C)OC. The molecule has 0 heterocycles. The molecule has 0 radical (unpaired) electrons. The Kier molecular flexibility index (Phi) is 10.5. The van der Waals surface area contributed by atoms with Gasteiger partial charge in [0, 0.05) is 20.3 Å². The van der Waals surface area contributed by atoms with Crippen LogP contribution in [0.3, 0.4) is 0 Å². The zero-order valence-electron chi connectivity index (χ0n) is 18.3. The number of hydrogen-bond acceptors (Lipinski definition) is 3. The van der Waals surface area contributed by atoms with Crippen LogP contribution in [-0.4, -0.2) is 48.9 Å². The molecule has 3 nitrogen and oxygen atoms in total. The van der Waals surface area contributed by atoms with Crippen molar-refractivity contribution in [3.63, 3.8) is 0 Å². The van der Waals surface area contributed by atoms with E-state index in [0.29, 0.717) is 0 Å². The van der Waals surface area contributed by atoms with Crippen molar-refractivity contribution in [1.29, 1.82) is 0 Å². The van der Waals surface area contributed by atoms with E-state index in [1.165, 1.54) is 45.1 Å². The van der Waals surface area contributed by atoms with Gasteiger partial charge in [0.2, 0.25) is 0 Å². The van der Waals surface area contributed by atoms with Gasteiger partial charge < -0.3 is 13.4 Å². The van der Waals surface area contributed by atoms with Crippen molar-refractivity contribution in [3.05, 3.63) is 0 Å². The Labute approximate surface area is 160 Å². The minimum Gasteiger partial charge on any atom is -0.400 e. The molecule has 0 aliphatic heterocycles. The van der Waals surface area contributed by atoms with Crippen molar-refractivity contribution in [2.24, 2.45) is 0 Å². The van der Waals surface area contributed by atoms with Crippen LogP contribution in [0.5, 0.6) is 0 Å². The molecule has 0 aromatic heterocycles. The van der Waals surface area contributed by atoms with Gasteiger partial charge in [0.1, 0.15) is 8.24 Å². The molecular formula is C20H45NO2Si2. The minimum absolute atomic E-state index is 0.798. The molecular weight excluding hydrogens is 342 g/mol. The Morgan fingerprint density at radius 2 is 1.36 bits per heavy atom. The van der Waals surface area contributed by atoms with Crippen molar-refractivity contribution in [1.82, 2.24) is 4.57 Å². The summed E-state index contributed by atoms with van der Waals surface area (Å²) >= 11 is 0. The van der Waals surface area contributed by atoms with Crippen molar-refractivity contribution in [2.45, 2.75) is 109 Å². The van der Waals surface area contributed by atoms with Crippen LogP contribution in [0.15, 0.2) is 0 Å². The quantitative estimate of drug-likeness (QED) is 0.424. The molecule has 5 heteroatoms. The maximum atomic E-state index is 5.56. The Hall–Kier alpha value is 0.314. The fourth-order valence-electron chi connectivity index (χ4n) is 5.84. The van der Waals surface area contributed by atoms with Gasteiger partial charge >= 0.3 is 9.28 Å². The van der Waals surface area contributed by atoms with Gasteiger partial charge in [-0.15, -0.1) is 0 Å². The van der Waals surface area contributed by atoms with Crippen LogP contribution in [-0.2, 0) is 8.85 Å². The third-order valence-corrected chi connectivity index (χ3v) is 15.7. The summed E-state index contributed by atoms with van der Waals surface area (Å²) in [6.45, 7) is 16.3. The van der Waals surface area contributed by atoms with E-state index in [1.807, 2.05) is 14.2 Å². The second kappa shape index (κ2) is 11.2. The van der Waals surface area contributed by atoms with Gasteiger partial charge in [-0.05, 0) is 48.5 Å². The van der Waals surface area contributed by atoms with E-state index < -0.39 is 17.5 Å². The van der Waals surface area contributed by atoms with E-state index in [0.717, 1.165) is 28.7 Å². The van der Waals surface area contributed by atoms with Gasteiger partial charge in [-0.1, -0.05) is 60.8 Å². The van der Waals surface area contributed by atoms with Crippen LogP contribution < -0.4 is 0 Å². The summed E-state index contributed by atoms with van der Waals surface area (Å²) in [6, 6.07) is 1.95. The lowest BCUT2D eigenvalue weighted by atomic mass is 9.95. The first-order chi connectivity index (χ1) is 11.8. The molecule has 1 rings (SSSR count). The van der Waals surface area contributed by atoms with E-state index in [1.54, 1.807) is 0 Å². The first kappa shape index (κ1) is 23.4.